The van der Waals surface area contributed by atoms with Gasteiger partial charge in [0, 0.05) is 6.54 Å². The van der Waals surface area contributed by atoms with E-state index in [2.05, 4.69) is 23.5 Å². The molecule has 3 aliphatic rings. The van der Waals surface area contributed by atoms with E-state index in [9.17, 15) is 19.5 Å². The number of para-hydroxylation sites is 1. The Morgan fingerprint density at radius 3 is 2.64 bits per heavy atom. The van der Waals surface area contributed by atoms with E-state index in [1.54, 1.807) is 15.7 Å². The number of carbonyl (C=O) groups excluding carboxylic acids is 3. The molecule has 1 spiro atoms. The lowest BCUT2D eigenvalue weighted by Gasteiger charge is -2.39. The number of fused-ring (bicyclic) bond motifs is 2. The second-order valence-corrected chi connectivity index (χ2v) is 13.0. The molecule has 248 valence electrons. The summed E-state index contributed by atoms with van der Waals surface area (Å²) < 4.78 is 14.2. The number of aliphatic hydroxyl groups excluding tert-OH is 1. The van der Waals surface area contributed by atoms with Gasteiger partial charge < -0.3 is 24.4 Å². The zero-order valence-corrected chi connectivity index (χ0v) is 26.9. The van der Waals surface area contributed by atoms with Crippen molar-refractivity contribution in [1.29, 1.82) is 0 Å². The van der Waals surface area contributed by atoms with Crippen LogP contribution >= 0.6 is 0 Å². The van der Waals surface area contributed by atoms with E-state index in [4.69, 9.17) is 9.47 Å². The summed E-state index contributed by atoms with van der Waals surface area (Å²) in [6.45, 7) is 9.55. The van der Waals surface area contributed by atoms with Crippen LogP contribution in [0.1, 0.15) is 44.6 Å². The molecule has 3 saturated heterocycles. The highest BCUT2D eigenvalue weighted by Gasteiger charge is 2.79. The third-order valence-electron chi connectivity index (χ3n) is 10.1. The average Bonchev–Trinajstić information content (AvgIpc) is 3.79. The first-order chi connectivity index (χ1) is 22.8. The molecule has 3 aliphatic heterocycles. The molecular weight excluding hydrogens is 598 g/mol. The van der Waals surface area contributed by atoms with E-state index in [-0.39, 0.29) is 38.2 Å². The molecule has 2 aromatic carbocycles. The number of rotatable bonds is 15. The Bertz CT molecular complexity index is 1640. The number of ether oxygens (including phenoxy) is 2. The van der Waals surface area contributed by atoms with E-state index < -0.39 is 41.1 Å². The Labute approximate surface area is 274 Å². The molecule has 1 aromatic heterocycles. The van der Waals surface area contributed by atoms with Gasteiger partial charge in [-0.2, -0.15) is 0 Å². The molecule has 1 N–H and O–H groups in total. The molecule has 2 bridgehead atoms. The molecule has 2 unspecified atom stereocenters. The van der Waals surface area contributed by atoms with E-state index in [1.165, 1.54) is 4.90 Å². The summed E-state index contributed by atoms with van der Waals surface area (Å²) in [4.78, 5) is 46.5. The number of unbranched alkanes of at least 4 members (excludes halogenated alkanes) is 2. The second-order valence-electron chi connectivity index (χ2n) is 13.0. The molecule has 47 heavy (non-hydrogen) atoms. The lowest BCUT2D eigenvalue weighted by molar-refractivity contribution is -0.162. The molecule has 3 aromatic rings. The molecule has 0 saturated carbocycles. The van der Waals surface area contributed by atoms with E-state index in [1.807, 2.05) is 67.6 Å². The van der Waals surface area contributed by atoms with Gasteiger partial charge in [0.1, 0.15) is 29.7 Å². The Hall–Kier alpha value is -4.35. The number of esters is 1. The van der Waals surface area contributed by atoms with Crippen LogP contribution in [0.15, 0.2) is 79.9 Å². The molecule has 6 atom stereocenters. The molecule has 6 rings (SSSR count). The van der Waals surface area contributed by atoms with Gasteiger partial charge in [0.15, 0.2) is 0 Å². The number of carbonyl (C=O) groups is 3. The number of hydrogen-bond donors (Lipinski definition) is 1. The number of allylic oxidation sites excluding steroid dienone is 1. The van der Waals surface area contributed by atoms with Crippen molar-refractivity contribution in [2.75, 3.05) is 19.8 Å². The van der Waals surface area contributed by atoms with Gasteiger partial charge in [-0.1, -0.05) is 59.8 Å². The van der Waals surface area contributed by atoms with Crippen molar-refractivity contribution in [3.63, 3.8) is 0 Å². The van der Waals surface area contributed by atoms with Crippen LogP contribution in [0.3, 0.4) is 0 Å². The first-order valence-electron chi connectivity index (χ1n) is 16.4. The van der Waals surface area contributed by atoms with Crippen LogP contribution in [0.2, 0.25) is 0 Å². The minimum absolute atomic E-state index is 0.0561. The van der Waals surface area contributed by atoms with Gasteiger partial charge in [-0.15, -0.1) is 18.3 Å². The van der Waals surface area contributed by atoms with Crippen LogP contribution in [0.4, 0.5) is 0 Å². The van der Waals surface area contributed by atoms with Gasteiger partial charge >= 0.3 is 5.97 Å². The smallest absolute Gasteiger partial charge is 0.312 e. The highest BCUT2D eigenvalue weighted by molar-refractivity contribution is 5.98. The van der Waals surface area contributed by atoms with E-state index in [0.29, 0.717) is 31.2 Å². The molecule has 11 nitrogen and oxygen atoms in total. The maximum Gasteiger partial charge on any atom is 0.312 e. The number of aromatic nitrogens is 3. The van der Waals surface area contributed by atoms with Crippen LogP contribution < -0.4 is 0 Å². The van der Waals surface area contributed by atoms with Crippen LogP contribution in [-0.2, 0) is 36.9 Å². The number of benzene rings is 2. The zero-order chi connectivity index (χ0) is 33.2. The largest absolute Gasteiger partial charge is 0.465 e. The van der Waals surface area contributed by atoms with Crippen molar-refractivity contribution in [3.05, 3.63) is 85.5 Å². The quantitative estimate of drug-likeness (QED) is 0.151. The summed E-state index contributed by atoms with van der Waals surface area (Å²) in [6, 6.07) is 15.2. The van der Waals surface area contributed by atoms with Crippen molar-refractivity contribution in [2.45, 2.75) is 75.4 Å². The number of aliphatic hydroxyl groups is 1. The number of likely N-dealkylation sites (tertiary alicyclic amines) is 1. The Kier molecular flexibility index (Phi) is 9.29. The molecule has 2 amide bonds. The minimum atomic E-state index is -1.27. The van der Waals surface area contributed by atoms with Gasteiger partial charge in [0.2, 0.25) is 11.8 Å². The van der Waals surface area contributed by atoms with Gasteiger partial charge in [0.25, 0.3) is 0 Å². The fourth-order valence-electron chi connectivity index (χ4n) is 7.91. The molecule has 0 radical (unpaired) electrons. The van der Waals surface area contributed by atoms with Crippen LogP contribution in [-0.4, -0.2) is 90.7 Å². The van der Waals surface area contributed by atoms with Crippen LogP contribution in [0, 0.1) is 11.8 Å². The van der Waals surface area contributed by atoms with Crippen molar-refractivity contribution in [2.24, 2.45) is 11.8 Å². The zero-order valence-electron chi connectivity index (χ0n) is 26.9. The fraction of sp³-hybridized carbons (Fsp3) is 0.472. The molecule has 3 fully saturated rings. The average molecular weight is 642 g/mol. The minimum Gasteiger partial charge on any atom is -0.465 e. The molecule has 11 heteroatoms. The predicted octanol–water partition coefficient (Wildman–Crippen LogP) is 3.67. The van der Waals surface area contributed by atoms with Gasteiger partial charge in [0.05, 0.1) is 36.3 Å². The van der Waals surface area contributed by atoms with Crippen molar-refractivity contribution in [1.82, 2.24) is 24.8 Å². The van der Waals surface area contributed by atoms with Crippen molar-refractivity contribution >= 4 is 28.8 Å². The lowest BCUT2D eigenvalue weighted by atomic mass is 9.66. The van der Waals surface area contributed by atoms with Crippen LogP contribution in [0.25, 0.3) is 11.0 Å². The standard InChI is InChI=1S/C36H43N5O6/c1-4-6-7-13-21-46-34(45)30-29-32(43)41(26(23-42)22-25-14-9-8-10-15-25)31(36(29)19-18-35(30,3)47-36)33(44)39(20-5-2)24-40-28-17-12-11-16-27(28)37-38-40/h4-5,8-12,14-17,26,29-31,42H,1-2,6-7,13,18-24H2,3H3/t26-,29+,30-,31?,35+,36?/m1/s1. The summed E-state index contributed by atoms with van der Waals surface area (Å²) >= 11 is 0. The first kappa shape index (κ1) is 32.6. The highest BCUT2D eigenvalue weighted by Crippen LogP contribution is 2.63. The van der Waals surface area contributed by atoms with E-state index in [0.717, 1.165) is 23.9 Å². The summed E-state index contributed by atoms with van der Waals surface area (Å²) in [5.74, 6) is -3.04. The molecular formula is C36H43N5O6. The monoisotopic (exact) mass is 641 g/mol. The summed E-state index contributed by atoms with van der Waals surface area (Å²) in [5, 5.41) is 19.3. The predicted molar refractivity (Wildman–Crippen MR) is 175 cm³/mol. The molecule has 0 aliphatic carbocycles. The normalized spacial score (nSPS) is 26.7. The van der Waals surface area contributed by atoms with Crippen molar-refractivity contribution < 1.29 is 29.0 Å². The van der Waals surface area contributed by atoms with Crippen LogP contribution in [0.5, 0.6) is 0 Å². The van der Waals surface area contributed by atoms with Gasteiger partial charge in [-0.05, 0) is 63.1 Å². The van der Waals surface area contributed by atoms with Crippen molar-refractivity contribution in [3.8, 4) is 0 Å². The third kappa shape index (κ3) is 5.76. The SMILES string of the molecule is C=CCCCCOC(=O)[C@H]1[C@H]2C(=O)N([C@@H](CO)Cc3ccccc3)C(C(=O)N(CC=C)Cn3nnc4ccccc43)C23CC[C@]1(C)O3. The van der Waals surface area contributed by atoms with E-state index >= 15 is 0 Å². The lowest BCUT2D eigenvalue weighted by Crippen LogP contribution is -2.59. The summed E-state index contributed by atoms with van der Waals surface area (Å²) in [7, 11) is 0. The van der Waals surface area contributed by atoms with Gasteiger partial charge in [-0.25, -0.2) is 4.68 Å². The Morgan fingerprint density at radius 2 is 1.89 bits per heavy atom. The topological polar surface area (TPSA) is 127 Å². The maximum absolute atomic E-state index is 14.9. The first-order valence-corrected chi connectivity index (χ1v) is 16.4. The maximum atomic E-state index is 14.9. The second kappa shape index (κ2) is 13.4. The Balaban J connectivity index is 1.38. The van der Waals surface area contributed by atoms with Gasteiger partial charge in [-0.3, -0.25) is 14.4 Å². The number of nitrogens with zero attached hydrogens (tertiary/aromatic N) is 5. The number of hydrogen-bond acceptors (Lipinski definition) is 8. The summed E-state index contributed by atoms with van der Waals surface area (Å²) in [5.41, 5.74) is 0.106. The highest BCUT2D eigenvalue weighted by atomic mass is 16.6. The third-order valence-corrected chi connectivity index (χ3v) is 10.1. The Morgan fingerprint density at radius 1 is 1.13 bits per heavy atom. The number of amides is 2. The fourth-order valence-corrected chi connectivity index (χ4v) is 7.91. The molecule has 4 heterocycles. The summed E-state index contributed by atoms with van der Waals surface area (Å²) in [6.07, 6.45) is 7.01.